The minimum atomic E-state index is -0.564. The van der Waals surface area contributed by atoms with E-state index < -0.39 is 6.04 Å². The normalized spacial score (nSPS) is 11.6. The Balaban J connectivity index is 2.07. The molecule has 0 heterocycles. The smallest absolute Gasteiger partial charge is 0.242 e. The van der Waals surface area contributed by atoms with Crippen LogP contribution in [0.1, 0.15) is 37.8 Å². The SMILES string of the molecule is CCCNC(=O)[C@@H](CC)N(Cc1ccc(F)cc1)C(=O)CSCc1ccc(OC)cc1. The van der Waals surface area contributed by atoms with Crippen molar-refractivity contribution in [1.82, 2.24) is 10.2 Å². The maximum absolute atomic E-state index is 13.3. The summed E-state index contributed by atoms with van der Waals surface area (Å²) in [5, 5.41) is 2.89. The van der Waals surface area contributed by atoms with Crippen molar-refractivity contribution in [3.8, 4) is 5.75 Å². The first-order valence-electron chi connectivity index (χ1n) is 10.5. The lowest BCUT2D eigenvalue weighted by Gasteiger charge is -2.30. The molecular formula is C24H31FN2O3S. The van der Waals surface area contributed by atoms with Gasteiger partial charge in [0.2, 0.25) is 11.8 Å². The van der Waals surface area contributed by atoms with E-state index in [1.165, 1.54) is 23.9 Å². The monoisotopic (exact) mass is 446 g/mol. The molecular weight excluding hydrogens is 415 g/mol. The number of hydrogen-bond acceptors (Lipinski definition) is 4. The van der Waals surface area contributed by atoms with Crippen LogP contribution in [-0.4, -0.2) is 42.2 Å². The highest BCUT2D eigenvalue weighted by molar-refractivity contribution is 7.99. The van der Waals surface area contributed by atoms with Crippen molar-refractivity contribution < 1.29 is 18.7 Å². The molecule has 0 spiro atoms. The Morgan fingerprint density at radius 3 is 2.29 bits per heavy atom. The number of amides is 2. The first-order chi connectivity index (χ1) is 15.0. The Kier molecular flexibility index (Phi) is 10.4. The average molecular weight is 447 g/mol. The molecule has 0 aliphatic rings. The van der Waals surface area contributed by atoms with Crippen LogP contribution in [0.5, 0.6) is 5.75 Å². The predicted molar refractivity (Wildman–Crippen MR) is 123 cm³/mol. The maximum atomic E-state index is 13.3. The largest absolute Gasteiger partial charge is 0.497 e. The van der Waals surface area contributed by atoms with Gasteiger partial charge in [0.25, 0.3) is 0 Å². The van der Waals surface area contributed by atoms with E-state index in [9.17, 15) is 14.0 Å². The number of halogens is 1. The summed E-state index contributed by atoms with van der Waals surface area (Å²) in [6, 6.07) is 13.2. The van der Waals surface area contributed by atoms with Crippen LogP contribution in [-0.2, 0) is 21.9 Å². The summed E-state index contributed by atoms with van der Waals surface area (Å²) in [5.41, 5.74) is 1.88. The van der Waals surface area contributed by atoms with E-state index in [1.807, 2.05) is 38.1 Å². The number of rotatable bonds is 12. The van der Waals surface area contributed by atoms with Gasteiger partial charge in [0.15, 0.2) is 0 Å². The summed E-state index contributed by atoms with van der Waals surface area (Å²) < 4.78 is 18.5. The van der Waals surface area contributed by atoms with Gasteiger partial charge in [0.05, 0.1) is 12.9 Å². The summed E-state index contributed by atoms with van der Waals surface area (Å²) in [4.78, 5) is 27.4. The second-order valence-corrected chi connectivity index (χ2v) is 8.19. The van der Waals surface area contributed by atoms with E-state index in [0.29, 0.717) is 18.7 Å². The molecule has 2 amide bonds. The van der Waals surface area contributed by atoms with E-state index in [2.05, 4.69) is 5.32 Å². The lowest BCUT2D eigenvalue weighted by molar-refractivity contribution is -0.139. The Morgan fingerprint density at radius 2 is 1.71 bits per heavy atom. The molecule has 0 aliphatic carbocycles. The van der Waals surface area contributed by atoms with Gasteiger partial charge in [-0.05, 0) is 48.2 Å². The highest BCUT2D eigenvalue weighted by Gasteiger charge is 2.28. The molecule has 0 fully saturated rings. The third-order valence-electron chi connectivity index (χ3n) is 4.85. The van der Waals surface area contributed by atoms with Gasteiger partial charge < -0.3 is 15.0 Å². The third-order valence-corrected chi connectivity index (χ3v) is 5.84. The molecule has 7 heteroatoms. The van der Waals surface area contributed by atoms with Gasteiger partial charge in [0, 0.05) is 18.8 Å². The molecule has 2 rings (SSSR count). The van der Waals surface area contributed by atoms with Crippen LogP contribution in [0.2, 0.25) is 0 Å². The third kappa shape index (κ3) is 7.90. The molecule has 2 aromatic carbocycles. The van der Waals surface area contributed by atoms with E-state index in [4.69, 9.17) is 4.74 Å². The zero-order valence-electron chi connectivity index (χ0n) is 18.4. The van der Waals surface area contributed by atoms with Crippen LogP contribution >= 0.6 is 11.8 Å². The van der Waals surface area contributed by atoms with Gasteiger partial charge >= 0.3 is 0 Å². The summed E-state index contributed by atoms with van der Waals surface area (Å²) in [7, 11) is 1.62. The number of nitrogens with zero attached hydrogens (tertiary/aromatic N) is 1. The fraction of sp³-hybridized carbons (Fsp3) is 0.417. The Labute approximate surface area is 188 Å². The minimum Gasteiger partial charge on any atom is -0.497 e. The number of benzene rings is 2. The van der Waals surface area contributed by atoms with Gasteiger partial charge in [-0.15, -0.1) is 11.8 Å². The number of thioether (sulfide) groups is 1. The highest BCUT2D eigenvalue weighted by Crippen LogP contribution is 2.19. The number of ether oxygens (including phenoxy) is 1. The summed E-state index contributed by atoms with van der Waals surface area (Å²) >= 11 is 1.50. The van der Waals surface area contributed by atoms with Crippen LogP contribution in [0.25, 0.3) is 0 Å². The summed E-state index contributed by atoms with van der Waals surface area (Å²) in [6.07, 6.45) is 1.33. The zero-order chi connectivity index (χ0) is 22.6. The predicted octanol–water partition coefficient (Wildman–Crippen LogP) is 4.40. The van der Waals surface area contributed by atoms with Gasteiger partial charge in [0.1, 0.15) is 17.6 Å². The Bertz CT molecular complexity index is 828. The quantitative estimate of drug-likeness (QED) is 0.525. The molecule has 0 saturated carbocycles. The molecule has 0 unspecified atom stereocenters. The fourth-order valence-corrected chi connectivity index (χ4v) is 4.00. The summed E-state index contributed by atoms with van der Waals surface area (Å²) in [6.45, 7) is 4.71. The number of methoxy groups -OCH3 is 1. The number of nitrogens with one attached hydrogen (secondary N) is 1. The standard InChI is InChI=1S/C24H31FN2O3S/c1-4-14-26-24(29)22(5-2)27(15-18-6-10-20(25)11-7-18)23(28)17-31-16-19-8-12-21(30-3)13-9-19/h6-13,22H,4-5,14-17H2,1-3H3,(H,26,29)/t22-/m1/s1. The molecule has 5 nitrogen and oxygen atoms in total. The van der Waals surface area contributed by atoms with Gasteiger partial charge in [-0.25, -0.2) is 4.39 Å². The average Bonchev–Trinajstić information content (AvgIpc) is 2.79. The van der Waals surface area contributed by atoms with Crippen molar-refractivity contribution in [2.45, 2.75) is 45.0 Å². The Morgan fingerprint density at radius 1 is 1.06 bits per heavy atom. The molecule has 0 aromatic heterocycles. The summed E-state index contributed by atoms with van der Waals surface area (Å²) in [5.74, 6) is 1.13. The molecule has 0 saturated heterocycles. The van der Waals surface area contributed by atoms with Gasteiger partial charge in [-0.2, -0.15) is 0 Å². The first kappa shape index (κ1) is 24.7. The molecule has 1 N–H and O–H groups in total. The van der Waals surface area contributed by atoms with Gasteiger partial charge in [-0.3, -0.25) is 9.59 Å². The number of carbonyl (C=O) groups is 2. The lowest BCUT2D eigenvalue weighted by Crippen LogP contribution is -2.49. The molecule has 168 valence electrons. The highest BCUT2D eigenvalue weighted by atomic mass is 32.2. The van der Waals surface area contributed by atoms with E-state index in [0.717, 1.165) is 23.3 Å². The van der Waals surface area contributed by atoms with Crippen molar-refractivity contribution in [3.63, 3.8) is 0 Å². The van der Waals surface area contributed by atoms with Crippen LogP contribution in [0.15, 0.2) is 48.5 Å². The molecule has 31 heavy (non-hydrogen) atoms. The van der Waals surface area contributed by atoms with Crippen molar-refractivity contribution in [1.29, 1.82) is 0 Å². The van der Waals surface area contributed by atoms with Crippen LogP contribution in [0.3, 0.4) is 0 Å². The molecule has 1 atom stereocenters. The van der Waals surface area contributed by atoms with Gasteiger partial charge in [-0.1, -0.05) is 38.1 Å². The van der Waals surface area contributed by atoms with Crippen LogP contribution in [0, 0.1) is 5.82 Å². The van der Waals surface area contributed by atoms with E-state index in [1.54, 1.807) is 24.1 Å². The molecule has 0 aliphatic heterocycles. The second-order valence-electron chi connectivity index (χ2n) is 7.20. The van der Waals surface area contributed by atoms with Crippen molar-refractivity contribution in [2.24, 2.45) is 0 Å². The molecule has 0 bridgehead atoms. The topological polar surface area (TPSA) is 58.6 Å². The van der Waals surface area contributed by atoms with E-state index >= 15 is 0 Å². The number of carbonyl (C=O) groups excluding carboxylic acids is 2. The second kappa shape index (κ2) is 13.0. The fourth-order valence-electron chi connectivity index (χ4n) is 3.13. The van der Waals surface area contributed by atoms with Crippen molar-refractivity contribution in [2.75, 3.05) is 19.4 Å². The van der Waals surface area contributed by atoms with Crippen LogP contribution < -0.4 is 10.1 Å². The Hall–Kier alpha value is -2.54. The maximum Gasteiger partial charge on any atom is 0.242 e. The zero-order valence-corrected chi connectivity index (χ0v) is 19.2. The van der Waals surface area contributed by atoms with Crippen molar-refractivity contribution >= 4 is 23.6 Å². The van der Waals surface area contributed by atoms with Crippen molar-refractivity contribution in [3.05, 3.63) is 65.5 Å². The van der Waals surface area contributed by atoms with E-state index in [-0.39, 0.29) is 29.9 Å². The lowest BCUT2D eigenvalue weighted by atomic mass is 10.1. The first-order valence-corrected chi connectivity index (χ1v) is 11.7. The molecule has 0 radical (unpaired) electrons. The minimum absolute atomic E-state index is 0.110. The van der Waals surface area contributed by atoms with Crippen LogP contribution in [0.4, 0.5) is 4.39 Å². The molecule has 2 aromatic rings. The number of hydrogen-bond donors (Lipinski definition) is 1.